The number of carbonyl (C=O) groups excluding carboxylic acids is 7. The summed E-state index contributed by atoms with van der Waals surface area (Å²) in [6.07, 6.45) is 5.89. The number of esters is 7. The molecular weight excluding hydrogens is 1990 g/mol. The number of nitrogens with zero attached hydrogens (tertiary/aromatic N) is 15. The maximum atomic E-state index is 11.0. The van der Waals surface area contributed by atoms with Gasteiger partial charge in [-0.05, 0) is 67.4 Å². The summed E-state index contributed by atoms with van der Waals surface area (Å²) in [5, 5.41) is 10.3. The zero-order valence-electron chi connectivity index (χ0n) is 57.2. The molecule has 0 radical (unpaired) electrons. The van der Waals surface area contributed by atoms with Crippen LogP contribution in [0.4, 0.5) is 23.8 Å². The molecule has 2 atom stereocenters. The van der Waals surface area contributed by atoms with Crippen LogP contribution in [0.1, 0.15) is 94.4 Å². The third kappa shape index (κ3) is 37.1. The number of nitrogens with one attached hydrogen (secondary N) is 1. The quantitative estimate of drug-likeness (QED) is 0.00662. The zero-order valence-corrected chi connectivity index (χ0v) is 71.9. The Kier molecular flexibility index (Phi) is 45.4. The van der Waals surface area contributed by atoms with Crippen molar-refractivity contribution in [1.82, 2.24) is 78.5 Å². The number of aromatic amines is 1. The van der Waals surface area contributed by atoms with E-state index in [1.165, 1.54) is 55.4 Å². The van der Waals surface area contributed by atoms with Crippen molar-refractivity contribution in [3.63, 3.8) is 0 Å². The molecule has 8 aromatic rings. The number of imidazole rings is 4. The van der Waals surface area contributed by atoms with Crippen LogP contribution in [0.25, 0.3) is 44.7 Å². The number of fused-ring (bicyclic) bond motifs is 4. The summed E-state index contributed by atoms with van der Waals surface area (Å²) >= 11 is 43.1. The van der Waals surface area contributed by atoms with Crippen LogP contribution < -0.4 is 22.9 Å². The Labute approximate surface area is 680 Å². The van der Waals surface area contributed by atoms with Gasteiger partial charge in [0, 0.05) is 91.8 Å². The summed E-state index contributed by atoms with van der Waals surface area (Å²) in [5.74, 6) is -2.67. The molecule has 0 aromatic carbocycles. The summed E-state index contributed by atoms with van der Waals surface area (Å²) < 4.78 is 45.1. The molecule has 576 valence electrons. The summed E-state index contributed by atoms with van der Waals surface area (Å²) in [4.78, 5) is 126. The van der Waals surface area contributed by atoms with E-state index in [2.05, 4.69) is 125 Å². The van der Waals surface area contributed by atoms with Gasteiger partial charge in [0.1, 0.15) is 22.1 Å². The number of nitrogens with two attached hydrogens (primary N) is 4. The van der Waals surface area contributed by atoms with Gasteiger partial charge in [0.2, 0.25) is 39.6 Å². The van der Waals surface area contributed by atoms with Crippen LogP contribution in [0.2, 0.25) is 31.3 Å². The molecule has 0 fully saturated rings. The molecule has 47 heteroatoms. The first-order chi connectivity index (χ1) is 48.5. The van der Waals surface area contributed by atoms with E-state index in [4.69, 9.17) is 130 Å². The number of halogens is 10. The molecule has 0 spiro atoms. The van der Waals surface area contributed by atoms with Gasteiger partial charge in [-0.25, -0.2) is 15.0 Å². The summed E-state index contributed by atoms with van der Waals surface area (Å²) in [6, 6.07) is 0. The Morgan fingerprint density at radius 3 is 1.36 bits per heavy atom. The fourth-order valence-corrected chi connectivity index (χ4v) is 9.74. The van der Waals surface area contributed by atoms with Crippen molar-refractivity contribution in [3.8, 4) is 0 Å². The minimum absolute atomic E-state index is 0. The number of carbonyl (C=O) groups is 7. The molecule has 0 amide bonds. The van der Waals surface area contributed by atoms with Crippen molar-refractivity contribution in [2.75, 3.05) is 75.8 Å². The Morgan fingerprint density at radius 2 is 0.894 bits per heavy atom. The monoisotopic (exact) mass is 2070 g/mol. The number of ether oxygens (including phenoxy) is 8. The van der Waals surface area contributed by atoms with Gasteiger partial charge < -0.3 is 80.1 Å². The Morgan fingerprint density at radius 1 is 0.500 bits per heavy atom. The van der Waals surface area contributed by atoms with Crippen LogP contribution in [0.15, 0.2) is 12.5 Å². The number of aryl methyl sites for hydroxylation is 3. The van der Waals surface area contributed by atoms with Gasteiger partial charge in [0.05, 0.1) is 65.4 Å². The van der Waals surface area contributed by atoms with Gasteiger partial charge in [-0.1, -0.05) is 48.1 Å². The Balaban J connectivity index is 0.000000445. The van der Waals surface area contributed by atoms with Crippen LogP contribution in [0, 0.1) is 23.7 Å². The van der Waals surface area contributed by atoms with Crippen LogP contribution in [-0.4, -0.2) is 185 Å². The van der Waals surface area contributed by atoms with Gasteiger partial charge in [0.25, 0.3) is 0 Å². The standard InChI is InChI=1S/2C14H17Cl2N5O4.C14H21N5O4.C10H18O4.C5H3Cl2N5.4HI.V/c1-7(22)24-5-9(6-25-8(2)23)3-4-21-10-11(15)18-14(17)20-12(10)19-13(21)16;1-7(22)24-5-9(6-25-8(2)23)3-4-21-12-10(18-13(21)16)11(15)19-14(17)20-12;1-9(20)22-6-11(7-23-10(2)21)3-4-19-8-17-12-5-16-14(15)18-13(12)19;1-4-5-10(6-13-8(2)11)7-14-9(3)12;6-2-1-3(11-4(7)9-1)12-5(8)10-2;;;;;/h9H,3-6H2,1-2H3,(H2,17,18,20);9H,3-6H2,1-2H3,(H2,17,19,20);5,8-9,11,20H,3-4,6-7H2,1-2H3,(H2,15,16,18);10H,4-7H2,1-3H3;(H3,8,9,10,11,12);4*1H;/q;;;;;;;;;+3/p-3. The van der Waals surface area contributed by atoms with E-state index in [-0.39, 0.29) is 165 Å². The molecule has 104 heavy (non-hydrogen) atoms. The topological polar surface area (TPSA) is 503 Å². The Bertz CT molecular complexity index is 4040. The van der Waals surface area contributed by atoms with Gasteiger partial charge in [-0.2, -0.15) is 44.9 Å². The van der Waals surface area contributed by atoms with E-state index in [9.17, 15) is 38.7 Å². The average molecular weight is 2070 g/mol. The number of hydrogen-bond acceptors (Lipinski definition) is 32. The van der Waals surface area contributed by atoms with Crippen LogP contribution in [0.3, 0.4) is 0 Å². The number of aromatic nitrogens is 16. The average Bonchev–Trinajstić information content (AvgIpc) is 1.65. The molecule has 0 saturated carbocycles. The number of aliphatic hydroxyl groups excluding tert-OH is 1. The second-order valence-corrected chi connectivity index (χ2v) is 59.0. The predicted octanol–water partition coefficient (Wildman–Crippen LogP) is 10.1. The molecule has 0 aliphatic rings. The second-order valence-electron chi connectivity index (χ2n) is 21.5. The number of nitrogen functional groups attached to an aromatic ring is 4. The van der Waals surface area contributed by atoms with Crippen LogP contribution in [-0.2, 0) is 96.0 Å². The number of hydrogen-bond donors (Lipinski definition) is 6. The molecule has 2 unspecified atom stereocenters. The van der Waals surface area contributed by atoms with Gasteiger partial charge in [0.15, 0.2) is 44.3 Å². The zero-order chi connectivity index (χ0) is 77.2. The van der Waals surface area contributed by atoms with E-state index in [1.807, 2.05) is 11.5 Å². The van der Waals surface area contributed by atoms with Crippen LogP contribution in [0.5, 0.6) is 0 Å². The number of aliphatic hydroxyl groups is 1. The van der Waals surface area contributed by atoms with Crippen molar-refractivity contribution in [3.05, 3.63) is 43.8 Å². The number of anilines is 4. The fraction of sp³-hybridized carbons (Fsp3) is 0.526. The molecule has 0 aliphatic heterocycles. The van der Waals surface area contributed by atoms with Crippen molar-refractivity contribution in [1.29, 1.82) is 0 Å². The van der Waals surface area contributed by atoms with Crippen molar-refractivity contribution >= 4 is 264 Å². The van der Waals surface area contributed by atoms with E-state index in [0.29, 0.717) is 96.8 Å². The third-order valence-electron chi connectivity index (χ3n) is 13.0. The van der Waals surface area contributed by atoms with E-state index < -0.39 is 30.2 Å². The van der Waals surface area contributed by atoms with Gasteiger partial charge in [-0.3, -0.25) is 38.1 Å². The van der Waals surface area contributed by atoms with Gasteiger partial charge in [-0.15, -0.1) is 24.0 Å². The van der Waals surface area contributed by atoms with E-state index in [1.54, 1.807) is 21.7 Å². The van der Waals surface area contributed by atoms with Crippen molar-refractivity contribution in [2.24, 2.45) is 23.7 Å². The van der Waals surface area contributed by atoms with Crippen LogP contribution >= 0.6 is 154 Å². The Hall–Kier alpha value is -5.15. The molecular formula is C57H77Cl6I4N20O16V. The minimum atomic E-state index is -0.864. The molecule has 36 nitrogen and oxygen atoms in total. The first-order valence-electron chi connectivity index (χ1n) is 30.4. The molecule has 8 aromatic heterocycles. The molecule has 0 saturated heterocycles. The molecule has 8 heterocycles. The number of rotatable bonds is 28. The predicted molar refractivity (Wildman–Crippen MR) is 420 cm³/mol. The van der Waals surface area contributed by atoms with Crippen molar-refractivity contribution in [2.45, 2.75) is 120 Å². The summed E-state index contributed by atoms with van der Waals surface area (Å²) in [6.45, 7) is 15.9. The number of H-pyrrole nitrogens is 1. The second kappa shape index (κ2) is 49.7. The maximum absolute atomic E-state index is 11.0. The third-order valence-corrected chi connectivity index (χ3v) is 14.5. The molecule has 0 bridgehead atoms. The molecule has 8 rings (SSSR count). The molecule has 0 aliphatic carbocycles. The van der Waals surface area contributed by atoms with E-state index >= 15 is 0 Å². The van der Waals surface area contributed by atoms with Crippen molar-refractivity contribution < 1.29 is 81.5 Å². The normalized spacial score (nSPS) is 11.3. The summed E-state index contributed by atoms with van der Waals surface area (Å²) in [7, 11) is 0. The van der Waals surface area contributed by atoms with E-state index in [0.717, 1.165) is 12.8 Å². The molecule has 10 N–H and O–H groups in total. The summed E-state index contributed by atoms with van der Waals surface area (Å²) in [5.41, 5.74) is 25.8. The first-order valence-corrected chi connectivity index (χ1v) is 46.2. The van der Waals surface area contributed by atoms with Gasteiger partial charge >= 0.3 is 107 Å². The fourth-order valence-electron chi connectivity index (χ4n) is 8.36. The first kappa shape index (κ1) is 94.9. The SMILES string of the molecule is CC(=O)OCC(CCn1c(Cl)nc2c(Cl)nc(N)nc21)COC(C)=O.CC(=O)OCC(CCn1c(Cl)nc2nc(N)nc(Cl)c21)COC(C)=O.CC(=O)OCC(CCn1cnc2cnc(N)nc21)COC(C)O.CCCC(COC(C)=O)COC(C)=O.I.Nc1nc(Cl)c2[nH]c(Cl)nc2n1.[I][V]([I])[I].